The highest BCUT2D eigenvalue weighted by Gasteiger charge is 2.14. The number of hydrogen-bond acceptors (Lipinski definition) is 2. The van der Waals surface area contributed by atoms with Crippen LogP contribution in [0.1, 0.15) is 45.1 Å². The molecule has 0 saturated carbocycles. The first kappa shape index (κ1) is 18.7. The van der Waals surface area contributed by atoms with Gasteiger partial charge in [-0.3, -0.25) is 9.59 Å². The molecule has 122 valence electrons. The van der Waals surface area contributed by atoms with Gasteiger partial charge in [-0.25, -0.2) is 0 Å². The molecule has 1 N–H and O–H groups in total. The maximum Gasteiger partial charge on any atom is 0.223 e. The van der Waals surface area contributed by atoms with Gasteiger partial charge in [0.05, 0.1) is 0 Å². The Morgan fingerprint density at radius 1 is 1.27 bits per heavy atom. The number of anilines is 1. The van der Waals surface area contributed by atoms with Gasteiger partial charge in [0.25, 0.3) is 0 Å². The minimum absolute atomic E-state index is 0.00353. The Morgan fingerprint density at radius 3 is 2.59 bits per heavy atom. The molecule has 0 aliphatic rings. The average molecular weight is 369 g/mol. The van der Waals surface area contributed by atoms with Crippen molar-refractivity contribution < 1.29 is 9.59 Å². The molecule has 2 amide bonds. The zero-order valence-electron chi connectivity index (χ0n) is 13.6. The Labute approximate surface area is 141 Å². The zero-order chi connectivity index (χ0) is 16.5. The number of nitrogens with zero attached hydrogens (tertiary/aromatic N) is 1. The molecule has 0 heterocycles. The maximum atomic E-state index is 11.8. The van der Waals surface area contributed by atoms with Gasteiger partial charge >= 0.3 is 0 Å². The van der Waals surface area contributed by atoms with E-state index >= 15 is 0 Å². The average Bonchev–Trinajstić information content (AvgIpc) is 2.47. The van der Waals surface area contributed by atoms with Crippen LogP contribution in [-0.2, 0) is 9.59 Å². The second-order valence-corrected chi connectivity index (χ2v) is 6.27. The van der Waals surface area contributed by atoms with Crippen molar-refractivity contribution in [2.45, 2.75) is 46.5 Å². The van der Waals surface area contributed by atoms with Crippen LogP contribution in [-0.4, -0.2) is 24.9 Å². The molecule has 4 nitrogen and oxygen atoms in total. The van der Waals surface area contributed by atoms with Crippen molar-refractivity contribution in [1.29, 1.82) is 0 Å². The van der Waals surface area contributed by atoms with E-state index in [-0.39, 0.29) is 11.8 Å². The third-order valence-electron chi connectivity index (χ3n) is 3.50. The molecule has 0 aromatic heterocycles. The van der Waals surface area contributed by atoms with E-state index in [9.17, 15) is 9.59 Å². The lowest BCUT2D eigenvalue weighted by Gasteiger charge is -2.21. The second-order valence-electron chi connectivity index (χ2n) is 5.41. The van der Waals surface area contributed by atoms with Crippen LogP contribution < -0.4 is 10.2 Å². The number of carbonyl (C=O) groups excluding carboxylic acids is 2. The molecule has 1 aromatic rings. The van der Waals surface area contributed by atoms with Crippen LogP contribution in [0.15, 0.2) is 22.7 Å². The second kappa shape index (κ2) is 9.62. The number of halogens is 1. The summed E-state index contributed by atoms with van der Waals surface area (Å²) in [5.41, 5.74) is 1.89. The van der Waals surface area contributed by atoms with Crippen molar-refractivity contribution in [2.24, 2.45) is 0 Å². The molecule has 0 bridgehead atoms. The first-order valence-electron chi connectivity index (χ1n) is 7.76. The molecule has 1 rings (SSSR count). The maximum absolute atomic E-state index is 11.8. The predicted molar refractivity (Wildman–Crippen MR) is 94.1 cm³/mol. The molecule has 0 aliphatic carbocycles. The van der Waals surface area contributed by atoms with Crippen molar-refractivity contribution in [3.63, 3.8) is 0 Å². The molecule has 0 saturated heterocycles. The Bertz CT molecular complexity index is 517. The third kappa shape index (κ3) is 6.18. The standard InChI is InChI=1S/C17H25BrN2O2/c1-4-5-6-10-19-17(22)9-11-20(14(3)21)15-7-8-16(18)13(2)12-15/h7-8,12H,4-6,9-11H2,1-3H3,(H,19,22). The monoisotopic (exact) mass is 368 g/mol. The summed E-state index contributed by atoms with van der Waals surface area (Å²) in [5, 5.41) is 2.90. The smallest absolute Gasteiger partial charge is 0.223 e. The van der Waals surface area contributed by atoms with Crippen molar-refractivity contribution in [2.75, 3.05) is 18.0 Å². The number of nitrogens with one attached hydrogen (secondary N) is 1. The van der Waals surface area contributed by atoms with E-state index in [0.717, 1.165) is 35.0 Å². The number of hydrogen-bond donors (Lipinski definition) is 1. The van der Waals surface area contributed by atoms with Crippen LogP contribution in [0.5, 0.6) is 0 Å². The van der Waals surface area contributed by atoms with Gasteiger partial charge in [0, 0.05) is 36.6 Å². The summed E-state index contributed by atoms with van der Waals surface area (Å²) in [6.07, 6.45) is 3.58. The lowest BCUT2D eigenvalue weighted by atomic mass is 10.2. The van der Waals surface area contributed by atoms with Gasteiger partial charge in [-0.2, -0.15) is 0 Å². The first-order valence-corrected chi connectivity index (χ1v) is 8.56. The number of unbranched alkanes of at least 4 members (excludes halogenated alkanes) is 2. The molecular formula is C17H25BrN2O2. The molecule has 0 radical (unpaired) electrons. The van der Waals surface area contributed by atoms with Crippen molar-refractivity contribution in [3.8, 4) is 0 Å². The Morgan fingerprint density at radius 2 is 2.00 bits per heavy atom. The largest absolute Gasteiger partial charge is 0.356 e. The van der Waals surface area contributed by atoms with Crippen LogP contribution in [0.2, 0.25) is 0 Å². The highest BCUT2D eigenvalue weighted by molar-refractivity contribution is 9.10. The number of amides is 2. The minimum Gasteiger partial charge on any atom is -0.356 e. The summed E-state index contributed by atoms with van der Waals surface area (Å²) < 4.78 is 1.01. The molecule has 22 heavy (non-hydrogen) atoms. The summed E-state index contributed by atoms with van der Waals surface area (Å²) in [6.45, 7) is 6.75. The molecule has 0 aliphatic heterocycles. The van der Waals surface area contributed by atoms with Gasteiger partial charge in [-0.1, -0.05) is 35.7 Å². The Hall–Kier alpha value is -1.36. The van der Waals surface area contributed by atoms with Crippen molar-refractivity contribution in [1.82, 2.24) is 5.32 Å². The van der Waals surface area contributed by atoms with E-state index < -0.39 is 0 Å². The number of rotatable bonds is 8. The first-order chi connectivity index (χ1) is 10.5. The molecule has 0 unspecified atom stereocenters. The fraction of sp³-hybridized carbons (Fsp3) is 0.529. The highest BCUT2D eigenvalue weighted by atomic mass is 79.9. The normalized spacial score (nSPS) is 10.4. The Kier molecular flexibility index (Phi) is 8.17. The number of carbonyl (C=O) groups is 2. The van der Waals surface area contributed by atoms with Crippen molar-refractivity contribution in [3.05, 3.63) is 28.2 Å². The van der Waals surface area contributed by atoms with E-state index in [1.807, 2.05) is 25.1 Å². The fourth-order valence-electron chi connectivity index (χ4n) is 2.17. The lowest BCUT2D eigenvalue weighted by molar-refractivity contribution is -0.121. The lowest BCUT2D eigenvalue weighted by Crippen LogP contribution is -2.34. The van der Waals surface area contributed by atoms with Crippen LogP contribution in [0.4, 0.5) is 5.69 Å². The van der Waals surface area contributed by atoms with E-state index in [4.69, 9.17) is 0 Å². The number of benzene rings is 1. The van der Waals surface area contributed by atoms with Crippen LogP contribution in [0.25, 0.3) is 0 Å². The Balaban J connectivity index is 2.56. The summed E-state index contributed by atoms with van der Waals surface area (Å²) in [7, 11) is 0. The predicted octanol–water partition coefficient (Wildman–Crippen LogP) is 3.81. The zero-order valence-corrected chi connectivity index (χ0v) is 15.2. The molecular weight excluding hydrogens is 344 g/mol. The van der Waals surface area contributed by atoms with Gasteiger partial charge in [0.15, 0.2) is 0 Å². The summed E-state index contributed by atoms with van der Waals surface area (Å²) in [4.78, 5) is 25.3. The SMILES string of the molecule is CCCCCNC(=O)CCN(C(C)=O)c1ccc(Br)c(C)c1. The highest BCUT2D eigenvalue weighted by Crippen LogP contribution is 2.23. The molecule has 0 spiro atoms. The van der Waals surface area contributed by atoms with E-state index in [1.165, 1.54) is 6.92 Å². The molecule has 0 atom stereocenters. The molecule has 5 heteroatoms. The van der Waals surface area contributed by atoms with Gasteiger partial charge < -0.3 is 10.2 Å². The molecule has 0 fully saturated rings. The van der Waals surface area contributed by atoms with Crippen LogP contribution >= 0.6 is 15.9 Å². The van der Waals surface area contributed by atoms with E-state index in [0.29, 0.717) is 19.5 Å². The van der Waals surface area contributed by atoms with Crippen LogP contribution in [0, 0.1) is 6.92 Å². The molecule has 1 aromatic carbocycles. The minimum atomic E-state index is -0.0551. The number of aryl methyl sites for hydroxylation is 1. The third-order valence-corrected chi connectivity index (χ3v) is 4.39. The topological polar surface area (TPSA) is 49.4 Å². The van der Waals surface area contributed by atoms with Gasteiger partial charge in [0.2, 0.25) is 11.8 Å². The summed E-state index contributed by atoms with van der Waals surface area (Å²) >= 11 is 3.45. The summed E-state index contributed by atoms with van der Waals surface area (Å²) in [6, 6.07) is 5.76. The van der Waals surface area contributed by atoms with Gasteiger partial charge in [0.1, 0.15) is 0 Å². The quantitative estimate of drug-likeness (QED) is 0.709. The van der Waals surface area contributed by atoms with E-state index in [1.54, 1.807) is 4.90 Å². The van der Waals surface area contributed by atoms with Crippen molar-refractivity contribution >= 4 is 33.4 Å². The van der Waals surface area contributed by atoms with Gasteiger partial charge in [-0.05, 0) is 37.1 Å². The van der Waals surface area contributed by atoms with E-state index in [2.05, 4.69) is 28.2 Å². The fourth-order valence-corrected chi connectivity index (χ4v) is 2.42. The van der Waals surface area contributed by atoms with Gasteiger partial charge in [-0.15, -0.1) is 0 Å². The van der Waals surface area contributed by atoms with Crippen LogP contribution in [0.3, 0.4) is 0 Å². The summed E-state index contributed by atoms with van der Waals surface area (Å²) in [5.74, 6) is -0.0586.